The molecule has 0 bridgehead atoms. The molecule has 1 aliphatic heterocycles. The summed E-state index contributed by atoms with van der Waals surface area (Å²) in [6, 6.07) is 9.07. The molecule has 0 unspecified atom stereocenters. The molecule has 32 heavy (non-hydrogen) atoms. The van der Waals surface area contributed by atoms with Crippen LogP contribution in [0.4, 0.5) is 11.8 Å². The van der Waals surface area contributed by atoms with Crippen molar-refractivity contribution >= 4 is 28.6 Å². The molecule has 1 amide bonds. The SMILES string of the molecule is Cc1nnc(-c2ccc3cnc(NC(=O)c4ccnc(N5CCN(C)CC5)c4)nc3c2)o1. The van der Waals surface area contributed by atoms with E-state index < -0.39 is 0 Å². The lowest BCUT2D eigenvalue weighted by Crippen LogP contribution is -2.44. The number of carbonyl (C=O) groups is 1. The number of pyridine rings is 1. The van der Waals surface area contributed by atoms with Gasteiger partial charge >= 0.3 is 0 Å². The zero-order valence-corrected chi connectivity index (χ0v) is 17.8. The number of anilines is 2. The maximum Gasteiger partial charge on any atom is 0.258 e. The topological polar surface area (TPSA) is 113 Å². The smallest absolute Gasteiger partial charge is 0.258 e. The van der Waals surface area contributed by atoms with Gasteiger partial charge in [0.05, 0.1) is 5.52 Å². The van der Waals surface area contributed by atoms with Crippen molar-refractivity contribution in [2.45, 2.75) is 6.92 Å². The van der Waals surface area contributed by atoms with E-state index in [0.29, 0.717) is 22.9 Å². The lowest BCUT2D eigenvalue weighted by Gasteiger charge is -2.33. The van der Waals surface area contributed by atoms with Crippen LogP contribution < -0.4 is 10.2 Å². The third-order valence-corrected chi connectivity index (χ3v) is 5.42. The average Bonchev–Trinajstić information content (AvgIpc) is 3.25. The van der Waals surface area contributed by atoms with Gasteiger partial charge in [-0.1, -0.05) is 6.07 Å². The molecule has 10 nitrogen and oxygen atoms in total. The van der Waals surface area contributed by atoms with E-state index in [1.54, 1.807) is 31.5 Å². The second kappa shape index (κ2) is 8.31. The lowest BCUT2D eigenvalue weighted by atomic mass is 10.1. The van der Waals surface area contributed by atoms with Crippen molar-refractivity contribution in [1.82, 2.24) is 30.0 Å². The van der Waals surface area contributed by atoms with Gasteiger partial charge < -0.3 is 14.2 Å². The fraction of sp³-hybridized carbons (Fsp3) is 0.273. The zero-order chi connectivity index (χ0) is 22.1. The van der Waals surface area contributed by atoms with Crippen LogP contribution in [0.5, 0.6) is 0 Å². The molecule has 1 fully saturated rings. The van der Waals surface area contributed by atoms with Gasteiger partial charge in [-0.2, -0.15) is 0 Å². The Hall–Kier alpha value is -3.92. The Kier molecular flexibility index (Phi) is 5.20. The molecule has 1 aliphatic rings. The van der Waals surface area contributed by atoms with Crippen molar-refractivity contribution in [3.8, 4) is 11.5 Å². The van der Waals surface area contributed by atoms with Gasteiger partial charge in [0.2, 0.25) is 17.7 Å². The number of hydrogen-bond acceptors (Lipinski definition) is 9. The fourth-order valence-corrected chi connectivity index (χ4v) is 3.57. The van der Waals surface area contributed by atoms with Crippen molar-refractivity contribution in [2.24, 2.45) is 0 Å². The molecular weight excluding hydrogens is 408 g/mol. The molecule has 0 atom stereocenters. The van der Waals surface area contributed by atoms with E-state index in [2.05, 4.69) is 47.3 Å². The Bertz CT molecular complexity index is 1280. The second-order valence-corrected chi connectivity index (χ2v) is 7.74. The first-order valence-corrected chi connectivity index (χ1v) is 10.3. The summed E-state index contributed by atoms with van der Waals surface area (Å²) in [4.78, 5) is 30.5. The van der Waals surface area contributed by atoms with Gasteiger partial charge in [0.1, 0.15) is 5.82 Å². The van der Waals surface area contributed by atoms with E-state index in [1.165, 1.54) is 0 Å². The minimum absolute atomic E-state index is 0.222. The number of benzene rings is 1. The quantitative estimate of drug-likeness (QED) is 0.521. The van der Waals surface area contributed by atoms with Gasteiger partial charge in [0, 0.05) is 62.0 Å². The molecule has 10 heteroatoms. The van der Waals surface area contributed by atoms with Crippen molar-refractivity contribution < 1.29 is 9.21 Å². The highest BCUT2D eigenvalue weighted by Crippen LogP contribution is 2.23. The number of aryl methyl sites for hydroxylation is 1. The minimum atomic E-state index is -0.286. The van der Waals surface area contributed by atoms with Crippen molar-refractivity contribution in [2.75, 3.05) is 43.4 Å². The van der Waals surface area contributed by atoms with E-state index >= 15 is 0 Å². The monoisotopic (exact) mass is 430 g/mol. The lowest BCUT2D eigenvalue weighted by molar-refractivity contribution is 0.102. The van der Waals surface area contributed by atoms with Crippen LogP contribution in [0.25, 0.3) is 22.4 Å². The number of hydrogen-bond donors (Lipinski definition) is 1. The Balaban J connectivity index is 1.36. The molecule has 3 aromatic heterocycles. The predicted octanol–water partition coefficient (Wildman–Crippen LogP) is 2.39. The van der Waals surface area contributed by atoms with Crippen LogP contribution in [0.2, 0.25) is 0 Å². The number of amides is 1. The molecule has 0 spiro atoms. The summed E-state index contributed by atoms with van der Waals surface area (Å²) >= 11 is 0. The first-order valence-electron chi connectivity index (χ1n) is 10.3. The molecule has 4 heterocycles. The Labute approximate surface area is 184 Å². The number of likely N-dealkylation sites (N-methyl/N-ethyl adjacent to an activating group) is 1. The van der Waals surface area contributed by atoms with Crippen LogP contribution >= 0.6 is 0 Å². The summed E-state index contributed by atoms with van der Waals surface area (Å²) in [5.74, 6) is 1.64. The van der Waals surface area contributed by atoms with Gasteiger partial charge in [-0.25, -0.2) is 15.0 Å². The number of carbonyl (C=O) groups excluding carboxylic acids is 1. The summed E-state index contributed by atoms with van der Waals surface area (Å²) in [5.41, 5.74) is 1.92. The van der Waals surface area contributed by atoms with Crippen LogP contribution in [0.3, 0.4) is 0 Å². The van der Waals surface area contributed by atoms with Crippen molar-refractivity contribution in [1.29, 1.82) is 0 Å². The Morgan fingerprint density at radius 3 is 2.69 bits per heavy atom. The summed E-state index contributed by atoms with van der Waals surface area (Å²) in [6.45, 7) is 5.43. The molecular formula is C22H22N8O2. The van der Waals surface area contributed by atoms with Crippen LogP contribution in [-0.4, -0.2) is 69.2 Å². The molecule has 0 aliphatic carbocycles. The molecule has 0 radical (unpaired) electrons. The number of nitrogens with zero attached hydrogens (tertiary/aromatic N) is 7. The van der Waals surface area contributed by atoms with Crippen LogP contribution in [-0.2, 0) is 0 Å². The van der Waals surface area contributed by atoms with Crippen LogP contribution in [0.1, 0.15) is 16.2 Å². The summed E-state index contributed by atoms with van der Waals surface area (Å²) in [6.07, 6.45) is 3.32. The van der Waals surface area contributed by atoms with Crippen LogP contribution in [0.15, 0.2) is 47.1 Å². The van der Waals surface area contributed by atoms with Crippen LogP contribution in [0, 0.1) is 6.92 Å². The molecule has 4 aromatic rings. The maximum atomic E-state index is 12.8. The van der Waals surface area contributed by atoms with E-state index in [4.69, 9.17) is 4.42 Å². The summed E-state index contributed by atoms with van der Waals surface area (Å²) in [7, 11) is 2.10. The number of fused-ring (bicyclic) bond motifs is 1. The summed E-state index contributed by atoms with van der Waals surface area (Å²) < 4.78 is 5.49. The van der Waals surface area contributed by atoms with E-state index in [0.717, 1.165) is 42.9 Å². The number of rotatable bonds is 4. The molecule has 1 aromatic carbocycles. The standard InChI is InChI=1S/C22H22N8O2/c1-14-27-28-21(32-14)16-3-4-17-13-24-22(25-18(17)11-16)26-20(31)15-5-6-23-19(12-15)30-9-7-29(2)8-10-30/h3-6,11-13H,7-10H2,1-2H3,(H,24,25,26,31). The van der Waals surface area contributed by atoms with Gasteiger partial charge in [-0.3, -0.25) is 10.1 Å². The largest absolute Gasteiger partial charge is 0.421 e. The Morgan fingerprint density at radius 2 is 1.91 bits per heavy atom. The van der Waals surface area contributed by atoms with E-state index in [9.17, 15) is 4.79 Å². The van der Waals surface area contributed by atoms with Crippen molar-refractivity contribution in [3.05, 3.63) is 54.2 Å². The van der Waals surface area contributed by atoms with Gasteiger partial charge in [-0.05, 0) is 31.3 Å². The van der Waals surface area contributed by atoms with Crippen molar-refractivity contribution in [3.63, 3.8) is 0 Å². The first-order chi connectivity index (χ1) is 15.5. The molecule has 162 valence electrons. The highest BCUT2D eigenvalue weighted by atomic mass is 16.4. The summed E-state index contributed by atoms with van der Waals surface area (Å²) in [5, 5.41) is 11.5. The fourth-order valence-electron chi connectivity index (χ4n) is 3.57. The van der Waals surface area contributed by atoms with Gasteiger partial charge in [-0.15, -0.1) is 10.2 Å². The Morgan fingerprint density at radius 1 is 1.06 bits per heavy atom. The number of aromatic nitrogens is 5. The minimum Gasteiger partial charge on any atom is -0.421 e. The molecule has 1 N–H and O–H groups in total. The highest BCUT2D eigenvalue weighted by molar-refractivity contribution is 6.04. The van der Waals surface area contributed by atoms with E-state index in [-0.39, 0.29) is 11.9 Å². The highest BCUT2D eigenvalue weighted by Gasteiger charge is 2.17. The predicted molar refractivity (Wildman–Crippen MR) is 119 cm³/mol. The first kappa shape index (κ1) is 20.0. The third kappa shape index (κ3) is 4.12. The second-order valence-electron chi connectivity index (χ2n) is 7.74. The average molecular weight is 430 g/mol. The number of nitrogens with one attached hydrogen (secondary N) is 1. The molecule has 5 rings (SSSR count). The normalized spacial score (nSPS) is 14.6. The zero-order valence-electron chi connectivity index (χ0n) is 17.8. The van der Waals surface area contributed by atoms with Gasteiger partial charge in [0.15, 0.2) is 0 Å². The maximum absolute atomic E-state index is 12.8. The molecule has 1 saturated heterocycles. The molecule has 0 saturated carbocycles. The third-order valence-electron chi connectivity index (χ3n) is 5.42. The van der Waals surface area contributed by atoms with E-state index in [1.807, 2.05) is 18.2 Å². The van der Waals surface area contributed by atoms with Gasteiger partial charge in [0.25, 0.3) is 5.91 Å². The number of piperazine rings is 1.